The number of rotatable bonds is 6. The Morgan fingerprint density at radius 1 is 1.17 bits per heavy atom. The number of amides is 1. The van der Waals surface area contributed by atoms with Crippen LogP contribution in [0.3, 0.4) is 0 Å². The average Bonchev–Trinajstić information content (AvgIpc) is 2.56. The summed E-state index contributed by atoms with van der Waals surface area (Å²) in [5.74, 6) is -0.974. The molecular weight excluding hydrogens is 330 g/mol. The normalized spacial score (nSPS) is 10.3. The quantitative estimate of drug-likeness (QED) is 0.811. The maximum Gasteiger partial charge on any atom is 0.338 e. The summed E-state index contributed by atoms with van der Waals surface area (Å²) >= 11 is 5.87. The first-order chi connectivity index (χ1) is 11.5. The summed E-state index contributed by atoms with van der Waals surface area (Å²) in [6.45, 7) is 1.86. The highest BCUT2D eigenvalue weighted by molar-refractivity contribution is 6.30. The molecule has 0 aliphatic carbocycles. The molecule has 2 rings (SSSR count). The predicted molar refractivity (Wildman–Crippen MR) is 92.3 cm³/mol. The number of hydrogen-bond acceptors (Lipinski definition) is 4. The van der Waals surface area contributed by atoms with Crippen molar-refractivity contribution in [2.24, 2.45) is 0 Å². The van der Waals surface area contributed by atoms with Gasteiger partial charge in [-0.3, -0.25) is 4.79 Å². The first kappa shape index (κ1) is 18.0. The van der Waals surface area contributed by atoms with Crippen LogP contribution in [0.15, 0.2) is 42.5 Å². The third-order valence-electron chi connectivity index (χ3n) is 3.27. The van der Waals surface area contributed by atoms with E-state index in [-0.39, 0.29) is 6.61 Å². The Labute approximate surface area is 145 Å². The number of esters is 1. The number of carbonyl (C=O) groups excluding carboxylic acids is 2. The van der Waals surface area contributed by atoms with Crippen molar-refractivity contribution in [3.05, 3.63) is 64.2 Å². The Bertz CT molecular complexity index is 746. The van der Waals surface area contributed by atoms with Gasteiger partial charge in [-0.1, -0.05) is 23.7 Å². The van der Waals surface area contributed by atoms with Crippen LogP contribution in [0.4, 0.5) is 5.69 Å². The number of hydrogen-bond donors (Lipinski definition) is 1. The number of anilines is 1. The number of ether oxygens (including phenoxy) is 2. The topological polar surface area (TPSA) is 64.6 Å². The number of carbonyl (C=O) groups is 2. The Kier molecular flexibility index (Phi) is 6.35. The molecule has 1 N–H and O–H groups in total. The summed E-state index contributed by atoms with van der Waals surface area (Å²) in [5, 5.41) is 3.27. The van der Waals surface area contributed by atoms with Crippen LogP contribution in [0.25, 0.3) is 0 Å². The average molecular weight is 348 g/mol. The Balaban J connectivity index is 1.91. The first-order valence-corrected chi connectivity index (χ1v) is 7.68. The van der Waals surface area contributed by atoms with Crippen LogP contribution in [0.5, 0.6) is 0 Å². The highest BCUT2D eigenvalue weighted by atomic mass is 35.5. The fraction of sp³-hybridized carbons (Fsp3) is 0.222. The van der Waals surface area contributed by atoms with Crippen LogP contribution >= 0.6 is 11.6 Å². The van der Waals surface area contributed by atoms with Gasteiger partial charge in [0.25, 0.3) is 5.91 Å². The molecule has 24 heavy (non-hydrogen) atoms. The fourth-order valence-electron chi connectivity index (χ4n) is 2.12. The van der Waals surface area contributed by atoms with E-state index < -0.39 is 11.9 Å². The molecule has 0 spiro atoms. The van der Waals surface area contributed by atoms with Crippen LogP contribution in [-0.4, -0.2) is 25.6 Å². The lowest BCUT2D eigenvalue weighted by atomic mass is 10.1. The second kappa shape index (κ2) is 8.47. The van der Waals surface area contributed by atoms with Gasteiger partial charge in [0, 0.05) is 17.8 Å². The van der Waals surface area contributed by atoms with Crippen molar-refractivity contribution in [2.45, 2.75) is 13.5 Å². The monoisotopic (exact) mass is 347 g/mol. The molecule has 2 aromatic carbocycles. The minimum atomic E-state index is -0.559. The van der Waals surface area contributed by atoms with Crippen LogP contribution in [0, 0.1) is 6.92 Å². The number of nitrogens with one attached hydrogen (secondary N) is 1. The van der Waals surface area contributed by atoms with Gasteiger partial charge in [0.2, 0.25) is 0 Å². The van der Waals surface area contributed by atoms with Gasteiger partial charge >= 0.3 is 5.97 Å². The standard InChI is InChI=1S/C18H18ClNO4/c1-12-8-15(19)6-7-16(12)20-17(21)11-24-18(22)14-5-3-4-13(9-14)10-23-2/h3-9H,10-11H2,1-2H3,(H,20,21). The molecule has 0 atom stereocenters. The summed E-state index contributed by atoms with van der Waals surface area (Å²) in [6.07, 6.45) is 0. The molecule has 126 valence electrons. The highest BCUT2D eigenvalue weighted by Crippen LogP contribution is 2.19. The Morgan fingerprint density at radius 2 is 1.96 bits per heavy atom. The Morgan fingerprint density at radius 3 is 2.67 bits per heavy atom. The maximum atomic E-state index is 12.0. The number of benzene rings is 2. The smallest absolute Gasteiger partial charge is 0.338 e. The van der Waals surface area contributed by atoms with Gasteiger partial charge in [0.15, 0.2) is 6.61 Å². The van der Waals surface area contributed by atoms with E-state index in [1.54, 1.807) is 43.5 Å². The molecule has 0 saturated heterocycles. The minimum Gasteiger partial charge on any atom is -0.452 e. The van der Waals surface area contributed by atoms with E-state index in [0.717, 1.165) is 11.1 Å². The zero-order chi connectivity index (χ0) is 17.5. The summed E-state index contributed by atoms with van der Waals surface area (Å²) in [7, 11) is 1.58. The van der Waals surface area contributed by atoms with Crippen molar-refractivity contribution < 1.29 is 19.1 Å². The van der Waals surface area contributed by atoms with Crippen molar-refractivity contribution in [3.8, 4) is 0 Å². The van der Waals surface area contributed by atoms with Crippen molar-refractivity contribution in [2.75, 3.05) is 19.0 Å². The van der Waals surface area contributed by atoms with E-state index >= 15 is 0 Å². The SMILES string of the molecule is COCc1cccc(C(=O)OCC(=O)Nc2ccc(Cl)cc2C)c1. The molecule has 0 heterocycles. The lowest BCUT2D eigenvalue weighted by molar-refractivity contribution is -0.119. The second-order valence-corrected chi connectivity index (χ2v) is 5.65. The molecule has 0 aliphatic rings. The zero-order valence-corrected chi connectivity index (χ0v) is 14.2. The van der Waals surface area contributed by atoms with Gasteiger partial charge in [-0.25, -0.2) is 4.79 Å². The zero-order valence-electron chi connectivity index (χ0n) is 13.5. The summed E-state index contributed by atoms with van der Waals surface area (Å²) in [4.78, 5) is 23.9. The van der Waals surface area contributed by atoms with Crippen LogP contribution < -0.4 is 5.32 Å². The molecule has 0 aliphatic heterocycles. The van der Waals surface area contributed by atoms with Gasteiger partial charge in [-0.15, -0.1) is 0 Å². The third-order valence-corrected chi connectivity index (χ3v) is 3.51. The van der Waals surface area contributed by atoms with E-state index in [1.807, 2.05) is 13.0 Å². The molecule has 1 amide bonds. The van der Waals surface area contributed by atoms with Gasteiger partial charge < -0.3 is 14.8 Å². The van der Waals surface area contributed by atoms with Crippen molar-refractivity contribution >= 4 is 29.2 Å². The van der Waals surface area contributed by atoms with Gasteiger partial charge in [0.1, 0.15) is 0 Å². The van der Waals surface area contributed by atoms with E-state index in [0.29, 0.717) is 22.9 Å². The molecule has 0 radical (unpaired) electrons. The second-order valence-electron chi connectivity index (χ2n) is 5.22. The van der Waals surface area contributed by atoms with E-state index in [9.17, 15) is 9.59 Å². The molecule has 0 saturated carbocycles. The molecule has 0 unspecified atom stereocenters. The van der Waals surface area contributed by atoms with Crippen LogP contribution in [0.1, 0.15) is 21.5 Å². The summed E-state index contributed by atoms with van der Waals surface area (Å²) < 4.78 is 10.1. The molecular formula is C18H18ClNO4. The van der Waals surface area contributed by atoms with E-state index in [1.165, 1.54) is 0 Å². The predicted octanol–water partition coefficient (Wildman–Crippen LogP) is 3.59. The number of halogens is 1. The lowest BCUT2D eigenvalue weighted by Gasteiger charge is -2.09. The van der Waals surface area contributed by atoms with Crippen molar-refractivity contribution in [3.63, 3.8) is 0 Å². The summed E-state index contributed by atoms with van der Waals surface area (Å²) in [5.41, 5.74) is 2.69. The molecule has 0 aromatic heterocycles. The molecule has 5 nitrogen and oxygen atoms in total. The van der Waals surface area contributed by atoms with Gasteiger partial charge in [-0.2, -0.15) is 0 Å². The number of aryl methyl sites for hydroxylation is 1. The van der Waals surface area contributed by atoms with Crippen LogP contribution in [-0.2, 0) is 20.9 Å². The molecule has 0 fully saturated rings. The largest absolute Gasteiger partial charge is 0.452 e. The van der Waals surface area contributed by atoms with Gasteiger partial charge in [0.05, 0.1) is 12.2 Å². The van der Waals surface area contributed by atoms with Crippen LogP contribution in [0.2, 0.25) is 5.02 Å². The molecule has 2 aromatic rings. The fourth-order valence-corrected chi connectivity index (χ4v) is 2.35. The minimum absolute atomic E-state index is 0.366. The highest BCUT2D eigenvalue weighted by Gasteiger charge is 2.11. The molecule has 6 heteroatoms. The maximum absolute atomic E-state index is 12.0. The van der Waals surface area contributed by atoms with E-state index in [4.69, 9.17) is 21.1 Å². The first-order valence-electron chi connectivity index (χ1n) is 7.30. The third kappa shape index (κ3) is 5.08. The lowest BCUT2D eigenvalue weighted by Crippen LogP contribution is -2.21. The number of methoxy groups -OCH3 is 1. The van der Waals surface area contributed by atoms with E-state index in [2.05, 4.69) is 5.32 Å². The Hall–Kier alpha value is -2.37. The molecule has 0 bridgehead atoms. The van der Waals surface area contributed by atoms with Crippen molar-refractivity contribution in [1.29, 1.82) is 0 Å². The van der Waals surface area contributed by atoms with Crippen molar-refractivity contribution in [1.82, 2.24) is 0 Å². The van der Waals surface area contributed by atoms with Gasteiger partial charge in [-0.05, 0) is 48.4 Å². The summed E-state index contributed by atoms with van der Waals surface area (Å²) in [6, 6.07) is 12.0.